The van der Waals surface area contributed by atoms with Crippen molar-refractivity contribution in [2.45, 2.75) is 37.8 Å². The Morgan fingerprint density at radius 1 is 1.24 bits per heavy atom. The topological polar surface area (TPSA) is 45.5 Å². The van der Waals surface area contributed by atoms with E-state index in [4.69, 9.17) is 0 Å². The Kier molecular flexibility index (Phi) is 2.67. The highest BCUT2D eigenvalue weighted by Crippen LogP contribution is 2.35. The van der Waals surface area contributed by atoms with Crippen molar-refractivity contribution >= 4 is 5.97 Å². The number of carboxylic acid groups (broad SMARTS) is 1. The molecule has 4 heteroatoms. The van der Waals surface area contributed by atoms with Crippen molar-refractivity contribution in [2.24, 2.45) is 0 Å². The number of carboxylic acids is 1. The highest BCUT2D eigenvalue weighted by Gasteiger charge is 2.37. The van der Waals surface area contributed by atoms with E-state index in [2.05, 4.69) is 4.90 Å². The van der Waals surface area contributed by atoms with Gasteiger partial charge in [-0.2, -0.15) is 0 Å². The number of piperidine rings is 1. The Labute approximate surface area is 101 Å². The molecule has 3 heterocycles. The van der Waals surface area contributed by atoms with Gasteiger partial charge in [0.25, 0.3) is 0 Å². The van der Waals surface area contributed by atoms with Gasteiger partial charge in [-0.25, -0.2) is 4.79 Å². The van der Waals surface area contributed by atoms with E-state index in [0.29, 0.717) is 17.8 Å². The van der Waals surface area contributed by atoms with Gasteiger partial charge < -0.3 is 9.67 Å². The summed E-state index contributed by atoms with van der Waals surface area (Å²) in [4.78, 5) is 13.7. The smallest absolute Gasteiger partial charge is 0.352 e. The Balaban J connectivity index is 1.88. The number of nitrogens with zero attached hydrogens (tertiary/aromatic N) is 2. The van der Waals surface area contributed by atoms with E-state index in [0.717, 1.165) is 13.0 Å². The molecule has 0 bridgehead atoms. The van der Waals surface area contributed by atoms with Crippen molar-refractivity contribution < 1.29 is 9.90 Å². The zero-order valence-corrected chi connectivity index (χ0v) is 9.88. The molecular weight excluding hydrogens is 216 g/mol. The predicted molar refractivity (Wildman–Crippen MR) is 64.3 cm³/mol. The molecule has 0 radical (unpaired) electrons. The van der Waals surface area contributed by atoms with Crippen LogP contribution in [0.15, 0.2) is 18.3 Å². The summed E-state index contributed by atoms with van der Waals surface area (Å²) in [6.45, 7) is 2.30. The average Bonchev–Trinajstić information content (AvgIpc) is 2.94. The Bertz CT molecular complexity index is 427. The van der Waals surface area contributed by atoms with Crippen molar-refractivity contribution in [3.63, 3.8) is 0 Å². The predicted octanol–water partition coefficient (Wildman–Crippen LogP) is 1.99. The lowest BCUT2D eigenvalue weighted by Crippen LogP contribution is -2.38. The first-order chi connectivity index (χ1) is 8.27. The second-order valence-corrected chi connectivity index (χ2v) is 5.06. The lowest BCUT2D eigenvalue weighted by Gasteiger charge is -2.33. The van der Waals surface area contributed by atoms with Gasteiger partial charge in [-0.15, -0.1) is 0 Å². The number of aromatic nitrogens is 1. The summed E-state index contributed by atoms with van der Waals surface area (Å²) in [5, 5.41) is 9.18. The maximum absolute atomic E-state index is 11.2. The first-order valence-corrected chi connectivity index (χ1v) is 6.41. The summed E-state index contributed by atoms with van der Waals surface area (Å²) < 4.78 is 1.97. The standard InChI is InChI=1S/C13H18N2O2/c16-13(17)12-5-3-8-15(12)11-6-9-14-7-2-1-4-10(11)14/h3,5,8,10-11H,1-2,4,6-7,9H2,(H,16,17). The zero-order chi connectivity index (χ0) is 11.8. The number of rotatable bonds is 2. The van der Waals surface area contributed by atoms with Crippen molar-refractivity contribution in [3.05, 3.63) is 24.0 Å². The number of fused-ring (bicyclic) bond motifs is 1. The molecule has 2 fully saturated rings. The highest BCUT2D eigenvalue weighted by atomic mass is 16.4. The molecule has 1 N–H and O–H groups in total. The normalized spacial score (nSPS) is 29.2. The number of hydrogen-bond donors (Lipinski definition) is 1. The van der Waals surface area contributed by atoms with Crippen LogP contribution in [-0.2, 0) is 0 Å². The van der Waals surface area contributed by atoms with Crippen LogP contribution in [0.3, 0.4) is 0 Å². The molecule has 1 aromatic rings. The minimum atomic E-state index is -0.816. The van der Waals surface area contributed by atoms with E-state index in [1.165, 1.54) is 25.8 Å². The molecule has 0 saturated carbocycles. The van der Waals surface area contributed by atoms with Crippen molar-refractivity contribution in [1.29, 1.82) is 0 Å². The Morgan fingerprint density at radius 2 is 2.12 bits per heavy atom. The molecule has 3 rings (SSSR count). The summed E-state index contributed by atoms with van der Waals surface area (Å²) in [7, 11) is 0. The molecule has 17 heavy (non-hydrogen) atoms. The lowest BCUT2D eigenvalue weighted by atomic mass is 9.99. The van der Waals surface area contributed by atoms with Crippen molar-refractivity contribution in [3.8, 4) is 0 Å². The molecule has 4 nitrogen and oxygen atoms in total. The van der Waals surface area contributed by atoms with Gasteiger partial charge in [0.1, 0.15) is 5.69 Å². The van der Waals surface area contributed by atoms with Gasteiger partial charge >= 0.3 is 5.97 Å². The molecule has 0 spiro atoms. The molecule has 2 unspecified atom stereocenters. The first kappa shape index (κ1) is 10.8. The zero-order valence-electron chi connectivity index (χ0n) is 9.88. The molecule has 0 aromatic carbocycles. The number of carbonyl (C=O) groups is 1. The van der Waals surface area contributed by atoms with Gasteiger partial charge in [0, 0.05) is 18.8 Å². The fourth-order valence-corrected chi connectivity index (χ4v) is 3.41. The van der Waals surface area contributed by atoms with Crippen LogP contribution in [0.4, 0.5) is 0 Å². The Morgan fingerprint density at radius 3 is 2.94 bits per heavy atom. The average molecular weight is 234 g/mol. The number of aromatic carboxylic acids is 1. The molecule has 2 atom stereocenters. The van der Waals surface area contributed by atoms with Crippen LogP contribution in [0.1, 0.15) is 42.2 Å². The van der Waals surface area contributed by atoms with Gasteiger partial charge in [0.2, 0.25) is 0 Å². The van der Waals surface area contributed by atoms with Crippen LogP contribution >= 0.6 is 0 Å². The molecule has 2 aliphatic heterocycles. The largest absolute Gasteiger partial charge is 0.477 e. The number of hydrogen-bond acceptors (Lipinski definition) is 2. The quantitative estimate of drug-likeness (QED) is 0.851. The van der Waals surface area contributed by atoms with Gasteiger partial charge in [0.15, 0.2) is 0 Å². The maximum atomic E-state index is 11.2. The third kappa shape index (κ3) is 1.76. The molecule has 92 valence electrons. The maximum Gasteiger partial charge on any atom is 0.352 e. The van der Waals surface area contributed by atoms with Gasteiger partial charge in [-0.1, -0.05) is 6.42 Å². The minimum absolute atomic E-state index is 0.358. The van der Waals surface area contributed by atoms with E-state index in [1.54, 1.807) is 6.07 Å². The van der Waals surface area contributed by atoms with Crippen LogP contribution in [0.25, 0.3) is 0 Å². The molecule has 2 aliphatic rings. The summed E-state index contributed by atoms with van der Waals surface area (Å²) in [6.07, 6.45) is 6.79. The summed E-state index contributed by atoms with van der Waals surface area (Å²) in [5.41, 5.74) is 0.433. The van der Waals surface area contributed by atoms with Crippen LogP contribution in [0, 0.1) is 0 Å². The second-order valence-electron chi connectivity index (χ2n) is 5.06. The Hall–Kier alpha value is -1.29. The van der Waals surface area contributed by atoms with E-state index < -0.39 is 5.97 Å². The minimum Gasteiger partial charge on any atom is -0.477 e. The van der Waals surface area contributed by atoms with E-state index in [1.807, 2.05) is 16.8 Å². The first-order valence-electron chi connectivity index (χ1n) is 6.41. The third-order valence-corrected chi connectivity index (χ3v) is 4.18. The van der Waals surface area contributed by atoms with Crippen molar-refractivity contribution in [2.75, 3.05) is 13.1 Å². The highest BCUT2D eigenvalue weighted by molar-refractivity contribution is 5.85. The van der Waals surface area contributed by atoms with Crippen LogP contribution < -0.4 is 0 Å². The molecule has 2 saturated heterocycles. The van der Waals surface area contributed by atoms with Crippen LogP contribution in [0.5, 0.6) is 0 Å². The summed E-state index contributed by atoms with van der Waals surface area (Å²) >= 11 is 0. The lowest BCUT2D eigenvalue weighted by molar-refractivity contribution is 0.0679. The summed E-state index contributed by atoms with van der Waals surface area (Å²) in [6, 6.07) is 4.45. The fourth-order valence-electron chi connectivity index (χ4n) is 3.41. The van der Waals surface area contributed by atoms with E-state index >= 15 is 0 Å². The van der Waals surface area contributed by atoms with Crippen molar-refractivity contribution in [1.82, 2.24) is 9.47 Å². The second kappa shape index (κ2) is 4.18. The van der Waals surface area contributed by atoms with Gasteiger partial charge in [0.05, 0.1) is 6.04 Å². The summed E-state index contributed by atoms with van der Waals surface area (Å²) in [5.74, 6) is -0.816. The van der Waals surface area contributed by atoms with Gasteiger partial charge in [-0.3, -0.25) is 4.90 Å². The van der Waals surface area contributed by atoms with E-state index in [-0.39, 0.29) is 0 Å². The van der Waals surface area contributed by atoms with E-state index in [9.17, 15) is 9.90 Å². The molecule has 0 amide bonds. The third-order valence-electron chi connectivity index (χ3n) is 4.18. The molecule has 1 aromatic heterocycles. The fraction of sp³-hybridized carbons (Fsp3) is 0.615. The van der Waals surface area contributed by atoms with Gasteiger partial charge in [-0.05, 0) is 37.9 Å². The molecule has 0 aliphatic carbocycles. The monoisotopic (exact) mass is 234 g/mol. The molecular formula is C13H18N2O2. The van der Waals surface area contributed by atoms with Crippen LogP contribution in [0.2, 0.25) is 0 Å². The van der Waals surface area contributed by atoms with Crippen LogP contribution in [-0.4, -0.2) is 39.7 Å². The SMILES string of the molecule is O=C(O)c1cccn1C1CCN2CCCCC12.